The van der Waals surface area contributed by atoms with Gasteiger partial charge < -0.3 is 19.1 Å². The van der Waals surface area contributed by atoms with E-state index in [4.69, 9.17) is 14.2 Å². The lowest BCUT2D eigenvalue weighted by Gasteiger charge is -2.31. The molecule has 0 unspecified atom stereocenters. The molecule has 1 heterocycles. The molecule has 1 amide bonds. The van der Waals surface area contributed by atoms with Gasteiger partial charge in [0.05, 0.1) is 25.7 Å². The molecule has 0 N–H and O–H groups in total. The molecule has 0 atom stereocenters. The van der Waals surface area contributed by atoms with E-state index < -0.39 is 5.97 Å². The summed E-state index contributed by atoms with van der Waals surface area (Å²) in [6.45, 7) is 2.49. The molecule has 1 aliphatic rings. The van der Waals surface area contributed by atoms with Crippen LogP contribution in [0.25, 0.3) is 0 Å². The Balaban J connectivity index is 1.53. The number of benzene rings is 2. The Kier molecular flexibility index (Phi) is 7.28. The molecule has 7 heteroatoms. The van der Waals surface area contributed by atoms with Crippen LogP contribution < -0.4 is 9.47 Å². The van der Waals surface area contributed by atoms with Crippen molar-refractivity contribution in [3.8, 4) is 11.5 Å². The number of esters is 1. The van der Waals surface area contributed by atoms with Gasteiger partial charge in [0.25, 0.3) is 5.91 Å². The van der Waals surface area contributed by atoms with Crippen molar-refractivity contribution in [2.45, 2.75) is 19.8 Å². The Bertz CT molecular complexity index is 962. The molecule has 1 fully saturated rings. The summed E-state index contributed by atoms with van der Waals surface area (Å²) >= 11 is 0. The molecular formula is C24H27NO6. The zero-order chi connectivity index (χ0) is 22.4. The van der Waals surface area contributed by atoms with E-state index in [9.17, 15) is 14.4 Å². The van der Waals surface area contributed by atoms with E-state index in [0.717, 1.165) is 5.56 Å². The second-order valence-electron chi connectivity index (χ2n) is 7.48. The Labute approximate surface area is 181 Å². The van der Waals surface area contributed by atoms with Crippen LogP contribution in [0.1, 0.15) is 39.1 Å². The van der Waals surface area contributed by atoms with Gasteiger partial charge in [-0.2, -0.15) is 0 Å². The van der Waals surface area contributed by atoms with Crippen LogP contribution in [0.15, 0.2) is 42.5 Å². The third kappa shape index (κ3) is 5.23. The molecule has 0 spiro atoms. The third-order valence-electron chi connectivity index (χ3n) is 5.54. The zero-order valence-electron chi connectivity index (χ0n) is 18.1. The van der Waals surface area contributed by atoms with E-state index in [1.54, 1.807) is 23.1 Å². The Morgan fingerprint density at radius 2 is 1.68 bits per heavy atom. The number of likely N-dealkylation sites (tertiary alicyclic amines) is 1. The topological polar surface area (TPSA) is 82.1 Å². The fraction of sp³-hybridized carbons (Fsp3) is 0.375. The molecule has 1 saturated heterocycles. The van der Waals surface area contributed by atoms with Gasteiger partial charge in [0, 0.05) is 18.7 Å². The highest BCUT2D eigenvalue weighted by molar-refractivity contribution is 6.01. The van der Waals surface area contributed by atoms with E-state index in [-0.39, 0.29) is 24.2 Å². The number of aryl methyl sites for hydroxylation is 1. The van der Waals surface area contributed by atoms with E-state index in [1.165, 1.54) is 14.2 Å². The van der Waals surface area contributed by atoms with E-state index in [0.29, 0.717) is 48.6 Å². The van der Waals surface area contributed by atoms with Crippen molar-refractivity contribution in [1.82, 2.24) is 4.90 Å². The maximum atomic E-state index is 12.7. The first-order valence-electron chi connectivity index (χ1n) is 10.2. The average Bonchev–Trinajstić information content (AvgIpc) is 2.81. The second-order valence-corrected chi connectivity index (χ2v) is 7.48. The van der Waals surface area contributed by atoms with Gasteiger partial charge in [-0.3, -0.25) is 14.4 Å². The molecule has 3 rings (SSSR count). The first-order chi connectivity index (χ1) is 14.9. The minimum Gasteiger partial charge on any atom is -0.497 e. The smallest absolute Gasteiger partial charge is 0.309 e. The van der Waals surface area contributed by atoms with Crippen LogP contribution >= 0.6 is 0 Å². The van der Waals surface area contributed by atoms with Crippen LogP contribution in [0.3, 0.4) is 0 Å². The van der Waals surface area contributed by atoms with Gasteiger partial charge in [-0.05, 0) is 49.6 Å². The van der Waals surface area contributed by atoms with Crippen LogP contribution in [-0.2, 0) is 9.53 Å². The van der Waals surface area contributed by atoms with Crippen molar-refractivity contribution < 1.29 is 28.6 Å². The molecule has 31 heavy (non-hydrogen) atoms. The summed E-state index contributed by atoms with van der Waals surface area (Å²) in [5, 5.41) is 0. The van der Waals surface area contributed by atoms with Gasteiger partial charge >= 0.3 is 5.97 Å². The lowest BCUT2D eigenvalue weighted by molar-refractivity contribution is -0.148. The highest BCUT2D eigenvalue weighted by atomic mass is 16.5. The standard InChI is InChI=1S/C24H27NO6/c1-16-6-4-5-7-19(16)23(27)25-12-10-17(11-13-25)24(28)31-15-21(26)20-14-18(29-2)8-9-22(20)30-3/h4-9,14,17H,10-13,15H2,1-3H3. The summed E-state index contributed by atoms with van der Waals surface area (Å²) < 4.78 is 15.6. The summed E-state index contributed by atoms with van der Waals surface area (Å²) in [5.74, 6) is -0.230. The van der Waals surface area contributed by atoms with Crippen molar-refractivity contribution in [2.75, 3.05) is 33.9 Å². The lowest BCUT2D eigenvalue weighted by atomic mass is 9.96. The van der Waals surface area contributed by atoms with Crippen molar-refractivity contribution >= 4 is 17.7 Å². The van der Waals surface area contributed by atoms with Gasteiger partial charge in [0.1, 0.15) is 11.5 Å². The molecule has 7 nitrogen and oxygen atoms in total. The minimum atomic E-state index is -0.418. The van der Waals surface area contributed by atoms with Crippen molar-refractivity contribution in [3.63, 3.8) is 0 Å². The monoisotopic (exact) mass is 425 g/mol. The Morgan fingerprint density at radius 1 is 0.968 bits per heavy atom. The van der Waals surface area contributed by atoms with Crippen LogP contribution in [0.2, 0.25) is 0 Å². The fourth-order valence-electron chi connectivity index (χ4n) is 3.67. The predicted octanol–water partition coefficient (Wildman–Crippen LogP) is 3.29. The van der Waals surface area contributed by atoms with E-state index >= 15 is 0 Å². The number of hydrogen-bond acceptors (Lipinski definition) is 6. The second kappa shape index (κ2) is 10.1. The SMILES string of the molecule is COc1ccc(OC)c(C(=O)COC(=O)C2CCN(C(=O)c3ccccc3C)CC2)c1. The molecular weight excluding hydrogens is 398 g/mol. The maximum absolute atomic E-state index is 12.7. The van der Waals surface area contributed by atoms with Gasteiger partial charge in [0.2, 0.25) is 5.78 Å². The van der Waals surface area contributed by atoms with Crippen molar-refractivity contribution in [2.24, 2.45) is 5.92 Å². The van der Waals surface area contributed by atoms with Gasteiger partial charge in [-0.15, -0.1) is 0 Å². The largest absolute Gasteiger partial charge is 0.497 e. The van der Waals surface area contributed by atoms with Crippen LogP contribution in [0, 0.1) is 12.8 Å². The number of nitrogens with zero attached hydrogens (tertiary/aromatic N) is 1. The molecule has 164 valence electrons. The zero-order valence-corrected chi connectivity index (χ0v) is 18.1. The summed E-state index contributed by atoms with van der Waals surface area (Å²) in [7, 11) is 2.98. The molecule has 0 radical (unpaired) electrons. The molecule has 0 bridgehead atoms. The molecule has 2 aromatic rings. The van der Waals surface area contributed by atoms with Crippen LogP contribution in [0.4, 0.5) is 0 Å². The normalized spacial score (nSPS) is 14.1. The number of amides is 1. The summed E-state index contributed by atoms with van der Waals surface area (Å²) in [5.41, 5.74) is 1.91. The molecule has 1 aliphatic heterocycles. The van der Waals surface area contributed by atoms with Crippen LogP contribution in [-0.4, -0.2) is 56.5 Å². The number of carbonyl (C=O) groups excluding carboxylic acids is 3. The third-order valence-corrected chi connectivity index (χ3v) is 5.54. The molecule has 0 aromatic heterocycles. The highest BCUT2D eigenvalue weighted by Crippen LogP contribution is 2.25. The number of carbonyl (C=O) groups is 3. The maximum Gasteiger partial charge on any atom is 0.309 e. The first-order valence-corrected chi connectivity index (χ1v) is 10.2. The number of piperidine rings is 1. The summed E-state index contributed by atoms with van der Waals surface area (Å²) in [6, 6.07) is 12.4. The van der Waals surface area contributed by atoms with Gasteiger partial charge in [0.15, 0.2) is 6.61 Å². The lowest BCUT2D eigenvalue weighted by Crippen LogP contribution is -2.41. The summed E-state index contributed by atoms with van der Waals surface area (Å²) in [4.78, 5) is 39.5. The summed E-state index contributed by atoms with van der Waals surface area (Å²) in [6.07, 6.45) is 1.01. The molecule has 0 saturated carbocycles. The van der Waals surface area contributed by atoms with Crippen LogP contribution in [0.5, 0.6) is 11.5 Å². The quantitative estimate of drug-likeness (QED) is 0.500. The number of methoxy groups -OCH3 is 2. The first kappa shape index (κ1) is 22.3. The number of rotatable bonds is 7. The van der Waals surface area contributed by atoms with E-state index in [2.05, 4.69) is 0 Å². The number of Topliss-reactive ketones (excluding diaryl/α,β-unsaturated/α-hetero) is 1. The van der Waals surface area contributed by atoms with E-state index in [1.807, 2.05) is 31.2 Å². The van der Waals surface area contributed by atoms with Crippen molar-refractivity contribution in [3.05, 3.63) is 59.2 Å². The molecule has 0 aliphatic carbocycles. The average molecular weight is 425 g/mol. The highest BCUT2D eigenvalue weighted by Gasteiger charge is 2.29. The van der Waals surface area contributed by atoms with Crippen molar-refractivity contribution in [1.29, 1.82) is 0 Å². The minimum absolute atomic E-state index is 0.0229. The van der Waals surface area contributed by atoms with Gasteiger partial charge in [-0.25, -0.2) is 0 Å². The number of hydrogen-bond donors (Lipinski definition) is 0. The predicted molar refractivity (Wildman–Crippen MR) is 115 cm³/mol. The Morgan fingerprint density at radius 3 is 2.32 bits per heavy atom. The molecule has 2 aromatic carbocycles. The van der Waals surface area contributed by atoms with Gasteiger partial charge in [-0.1, -0.05) is 18.2 Å². The Hall–Kier alpha value is -3.35. The number of ether oxygens (including phenoxy) is 3. The fourth-order valence-corrected chi connectivity index (χ4v) is 3.67. The number of ketones is 1.